The standard InChI is InChI=1S/C25H31N5O3/c1-16-18(9-6-12-26-16)25(33)30-13-5-4-10-21(30)22-27-20-11-14-29(15-19(20)23(31)28-22)24(32)17-7-2-3-8-17/h6,9,12,17,21H,2-5,7-8,10-11,13-15H2,1H3,(H,27,28,31). The number of aromatic nitrogens is 3. The highest BCUT2D eigenvalue weighted by Crippen LogP contribution is 2.32. The van der Waals surface area contributed by atoms with E-state index in [1.54, 1.807) is 18.3 Å². The Kier molecular flexibility index (Phi) is 6.00. The van der Waals surface area contributed by atoms with Crippen LogP contribution in [0.5, 0.6) is 0 Å². The first-order valence-electron chi connectivity index (χ1n) is 12.2. The molecule has 1 saturated heterocycles. The predicted octanol–water partition coefficient (Wildman–Crippen LogP) is 2.92. The largest absolute Gasteiger partial charge is 0.337 e. The summed E-state index contributed by atoms with van der Waals surface area (Å²) in [5.41, 5.74) is 2.46. The molecule has 33 heavy (non-hydrogen) atoms. The highest BCUT2D eigenvalue weighted by Gasteiger charge is 2.34. The Bertz CT molecular complexity index is 1120. The van der Waals surface area contributed by atoms with Crippen LogP contribution in [0, 0.1) is 12.8 Å². The lowest BCUT2D eigenvalue weighted by molar-refractivity contribution is -0.136. The van der Waals surface area contributed by atoms with E-state index >= 15 is 0 Å². The zero-order valence-corrected chi connectivity index (χ0v) is 19.2. The van der Waals surface area contributed by atoms with Crippen molar-refractivity contribution in [2.45, 2.75) is 70.9 Å². The third kappa shape index (κ3) is 4.18. The number of pyridine rings is 1. The van der Waals surface area contributed by atoms with E-state index in [1.807, 2.05) is 16.7 Å². The third-order valence-electron chi connectivity index (χ3n) is 7.42. The number of carbonyl (C=O) groups excluding carboxylic acids is 2. The van der Waals surface area contributed by atoms with E-state index in [0.29, 0.717) is 48.7 Å². The van der Waals surface area contributed by atoms with Crippen LogP contribution in [-0.2, 0) is 17.8 Å². The van der Waals surface area contributed by atoms with Crippen molar-refractivity contribution in [3.05, 3.63) is 57.0 Å². The quantitative estimate of drug-likeness (QED) is 0.777. The Morgan fingerprint density at radius 3 is 2.67 bits per heavy atom. The number of rotatable bonds is 3. The molecule has 1 aliphatic carbocycles. The lowest BCUT2D eigenvalue weighted by Gasteiger charge is -2.36. The number of aryl methyl sites for hydroxylation is 1. The van der Waals surface area contributed by atoms with Crippen LogP contribution >= 0.6 is 0 Å². The van der Waals surface area contributed by atoms with Crippen LogP contribution in [0.3, 0.4) is 0 Å². The number of fused-ring (bicyclic) bond motifs is 1. The van der Waals surface area contributed by atoms with E-state index in [0.717, 1.165) is 50.6 Å². The van der Waals surface area contributed by atoms with Gasteiger partial charge >= 0.3 is 0 Å². The Hall–Kier alpha value is -3.03. The molecule has 2 aliphatic heterocycles. The first-order chi connectivity index (χ1) is 16.0. The highest BCUT2D eigenvalue weighted by molar-refractivity contribution is 5.95. The molecule has 5 rings (SSSR count). The van der Waals surface area contributed by atoms with Gasteiger partial charge in [0.1, 0.15) is 5.82 Å². The molecule has 2 aromatic heterocycles. The van der Waals surface area contributed by atoms with Gasteiger partial charge in [-0.25, -0.2) is 4.98 Å². The van der Waals surface area contributed by atoms with E-state index in [4.69, 9.17) is 4.98 Å². The fourth-order valence-electron chi connectivity index (χ4n) is 5.55. The summed E-state index contributed by atoms with van der Waals surface area (Å²) in [6, 6.07) is 3.31. The second-order valence-corrected chi connectivity index (χ2v) is 9.51. The van der Waals surface area contributed by atoms with E-state index in [9.17, 15) is 14.4 Å². The number of aromatic amines is 1. The number of H-pyrrole nitrogens is 1. The van der Waals surface area contributed by atoms with Gasteiger partial charge in [0.25, 0.3) is 11.5 Å². The summed E-state index contributed by atoms with van der Waals surface area (Å²) >= 11 is 0. The van der Waals surface area contributed by atoms with Crippen molar-refractivity contribution in [3.63, 3.8) is 0 Å². The molecule has 8 nitrogen and oxygen atoms in total. The Morgan fingerprint density at radius 1 is 1.09 bits per heavy atom. The molecule has 2 aromatic rings. The maximum Gasteiger partial charge on any atom is 0.256 e. The van der Waals surface area contributed by atoms with Crippen LogP contribution in [0.25, 0.3) is 0 Å². The fraction of sp³-hybridized carbons (Fsp3) is 0.560. The van der Waals surface area contributed by atoms with Crippen molar-refractivity contribution in [3.8, 4) is 0 Å². The number of nitrogens with zero attached hydrogens (tertiary/aromatic N) is 4. The van der Waals surface area contributed by atoms with E-state index < -0.39 is 0 Å². The SMILES string of the molecule is Cc1ncccc1C(=O)N1CCCCC1c1nc2c(c(=O)[nH]1)CN(C(=O)C1CCCC1)CC2. The zero-order chi connectivity index (χ0) is 22.9. The molecule has 174 valence electrons. The van der Waals surface area contributed by atoms with E-state index in [1.165, 1.54) is 0 Å². The summed E-state index contributed by atoms with van der Waals surface area (Å²) in [5, 5.41) is 0. The van der Waals surface area contributed by atoms with Gasteiger partial charge in [-0.1, -0.05) is 12.8 Å². The average Bonchev–Trinajstić information content (AvgIpc) is 3.38. The smallest absolute Gasteiger partial charge is 0.256 e. The van der Waals surface area contributed by atoms with Gasteiger partial charge < -0.3 is 14.8 Å². The predicted molar refractivity (Wildman–Crippen MR) is 123 cm³/mol. The number of carbonyl (C=O) groups is 2. The summed E-state index contributed by atoms with van der Waals surface area (Å²) in [6.45, 7) is 3.39. The molecule has 8 heteroatoms. The molecule has 1 unspecified atom stereocenters. The van der Waals surface area contributed by atoms with E-state index in [2.05, 4.69) is 9.97 Å². The first kappa shape index (κ1) is 21.8. The minimum atomic E-state index is -0.262. The summed E-state index contributed by atoms with van der Waals surface area (Å²) in [5.74, 6) is 0.774. The maximum absolute atomic E-state index is 13.3. The number of amides is 2. The number of hydrogen-bond donors (Lipinski definition) is 1. The summed E-state index contributed by atoms with van der Waals surface area (Å²) < 4.78 is 0. The number of piperidine rings is 1. The monoisotopic (exact) mass is 449 g/mol. The van der Waals surface area contributed by atoms with Crippen LogP contribution in [0.2, 0.25) is 0 Å². The molecule has 0 radical (unpaired) electrons. The highest BCUT2D eigenvalue weighted by atomic mass is 16.2. The second-order valence-electron chi connectivity index (χ2n) is 9.51. The van der Waals surface area contributed by atoms with Gasteiger partial charge in [-0.15, -0.1) is 0 Å². The van der Waals surface area contributed by atoms with Crippen molar-refractivity contribution in [2.24, 2.45) is 5.92 Å². The Morgan fingerprint density at radius 2 is 1.88 bits per heavy atom. The lowest BCUT2D eigenvalue weighted by atomic mass is 9.98. The van der Waals surface area contributed by atoms with Gasteiger partial charge in [0.2, 0.25) is 5.91 Å². The molecule has 1 saturated carbocycles. The topological polar surface area (TPSA) is 99.3 Å². The van der Waals surface area contributed by atoms with Crippen molar-refractivity contribution >= 4 is 11.8 Å². The third-order valence-corrected chi connectivity index (χ3v) is 7.42. The van der Waals surface area contributed by atoms with E-state index in [-0.39, 0.29) is 29.3 Å². The van der Waals surface area contributed by atoms with Crippen LogP contribution in [-0.4, -0.2) is 49.7 Å². The van der Waals surface area contributed by atoms with Gasteiger partial charge in [0, 0.05) is 37.3 Å². The molecule has 3 aliphatic rings. The van der Waals surface area contributed by atoms with Crippen LogP contribution in [0.15, 0.2) is 23.1 Å². The summed E-state index contributed by atoms with van der Waals surface area (Å²) in [7, 11) is 0. The van der Waals surface area contributed by atoms with Crippen molar-refractivity contribution in [1.82, 2.24) is 24.8 Å². The van der Waals surface area contributed by atoms with Crippen LogP contribution in [0.1, 0.15) is 84.1 Å². The van der Waals surface area contributed by atoms with Gasteiger partial charge in [0.05, 0.1) is 29.4 Å². The molecule has 0 bridgehead atoms. The van der Waals surface area contributed by atoms with Crippen molar-refractivity contribution in [2.75, 3.05) is 13.1 Å². The summed E-state index contributed by atoms with van der Waals surface area (Å²) in [4.78, 5) is 55.0. The Labute approximate surface area is 193 Å². The van der Waals surface area contributed by atoms with Crippen LogP contribution < -0.4 is 5.56 Å². The molecule has 2 fully saturated rings. The molecular weight excluding hydrogens is 418 g/mol. The molecule has 1 N–H and O–H groups in total. The fourth-order valence-corrected chi connectivity index (χ4v) is 5.55. The maximum atomic E-state index is 13.3. The molecule has 0 aromatic carbocycles. The normalized spacial score (nSPS) is 21.2. The van der Waals surface area contributed by atoms with Crippen molar-refractivity contribution in [1.29, 1.82) is 0 Å². The van der Waals surface area contributed by atoms with Gasteiger partial charge in [-0.2, -0.15) is 0 Å². The van der Waals surface area contributed by atoms with Crippen molar-refractivity contribution < 1.29 is 9.59 Å². The Balaban J connectivity index is 1.40. The van der Waals surface area contributed by atoms with Crippen LogP contribution in [0.4, 0.5) is 0 Å². The average molecular weight is 450 g/mol. The number of nitrogens with one attached hydrogen (secondary N) is 1. The molecule has 4 heterocycles. The molecular formula is C25H31N5O3. The molecule has 2 amide bonds. The second kappa shape index (κ2) is 9.08. The van der Waals surface area contributed by atoms with Gasteiger partial charge in [-0.05, 0) is 51.2 Å². The number of likely N-dealkylation sites (tertiary alicyclic amines) is 1. The number of hydrogen-bond acceptors (Lipinski definition) is 5. The molecule has 1 atom stereocenters. The molecule has 0 spiro atoms. The first-order valence-corrected chi connectivity index (χ1v) is 12.2. The summed E-state index contributed by atoms with van der Waals surface area (Å²) in [6.07, 6.45) is 9.06. The minimum Gasteiger partial charge on any atom is -0.337 e. The van der Waals surface area contributed by atoms with Gasteiger partial charge in [-0.3, -0.25) is 19.4 Å². The lowest BCUT2D eigenvalue weighted by Crippen LogP contribution is -2.43. The minimum absolute atomic E-state index is 0.0704. The zero-order valence-electron chi connectivity index (χ0n) is 19.2. The van der Waals surface area contributed by atoms with Gasteiger partial charge in [0.15, 0.2) is 0 Å².